The van der Waals surface area contributed by atoms with Gasteiger partial charge in [-0.25, -0.2) is 4.39 Å². The first-order chi connectivity index (χ1) is 8.09. The summed E-state index contributed by atoms with van der Waals surface area (Å²) >= 11 is 0. The average Bonchev–Trinajstić information content (AvgIpc) is 2.49. The van der Waals surface area contributed by atoms with Crippen LogP contribution in [0.3, 0.4) is 0 Å². The number of aryl methyl sites for hydroxylation is 1. The third-order valence-electron chi connectivity index (χ3n) is 3.67. The fraction of sp³-hybridized carbons (Fsp3) is 0.571. The molecule has 2 rings (SSSR count). The highest BCUT2D eigenvalue weighted by Gasteiger charge is 2.19. The van der Waals surface area contributed by atoms with Crippen molar-refractivity contribution < 1.29 is 4.39 Å². The number of halogens is 1. The second kappa shape index (κ2) is 4.94. The number of hydrogen-bond donors (Lipinski definition) is 1. The maximum atomic E-state index is 13.4. The maximum Gasteiger partial charge on any atom is 0.128 e. The number of benzene rings is 1. The average molecular weight is 236 g/mol. The Morgan fingerprint density at radius 1 is 1.29 bits per heavy atom. The summed E-state index contributed by atoms with van der Waals surface area (Å²) < 4.78 is 13.4. The van der Waals surface area contributed by atoms with Crippen LogP contribution < -0.4 is 10.6 Å². The quantitative estimate of drug-likeness (QED) is 0.756. The Kier molecular flexibility index (Phi) is 3.55. The van der Waals surface area contributed by atoms with Crippen LogP contribution in [0.15, 0.2) is 12.1 Å². The molecule has 0 aromatic heterocycles. The van der Waals surface area contributed by atoms with Crippen molar-refractivity contribution in [3.8, 4) is 0 Å². The molecular formula is C14H21FN2. The smallest absolute Gasteiger partial charge is 0.128 e. The van der Waals surface area contributed by atoms with Crippen molar-refractivity contribution in [1.29, 1.82) is 0 Å². The van der Waals surface area contributed by atoms with Crippen molar-refractivity contribution >= 4 is 11.4 Å². The van der Waals surface area contributed by atoms with E-state index in [1.807, 2.05) is 6.07 Å². The van der Waals surface area contributed by atoms with Gasteiger partial charge in [-0.05, 0) is 44.4 Å². The van der Waals surface area contributed by atoms with Gasteiger partial charge in [-0.2, -0.15) is 0 Å². The van der Waals surface area contributed by atoms with Crippen LogP contribution in [0.1, 0.15) is 38.2 Å². The van der Waals surface area contributed by atoms with Crippen LogP contribution in [-0.2, 0) is 0 Å². The molecule has 0 spiro atoms. The minimum Gasteiger partial charge on any atom is -0.397 e. The Labute approximate surface area is 103 Å². The first-order valence-corrected chi connectivity index (χ1v) is 6.42. The molecule has 0 radical (unpaired) electrons. The van der Waals surface area contributed by atoms with Gasteiger partial charge in [-0.1, -0.05) is 12.8 Å². The molecule has 1 heterocycles. The molecule has 94 valence electrons. The Hall–Kier alpha value is -1.25. The Morgan fingerprint density at radius 3 is 2.82 bits per heavy atom. The highest BCUT2D eigenvalue weighted by Crippen LogP contribution is 2.31. The van der Waals surface area contributed by atoms with Gasteiger partial charge in [-0.15, -0.1) is 0 Å². The molecule has 1 fully saturated rings. The number of nitrogen functional groups attached to an aromatic ring is 1. The molecule has 0 aliphatic carbocycles. The molecule has 1 atom stereocenters. The van der Waals surface area contributed by atoms with Crippen molar-refractivity contribution in [2.75, 3.05) is 17.2 Å². The number of rotatable bonds is 1. The molecule has 1 unspecified atom stereocenters. The third kappa shape index (κ3) is 2.54. The van der Waals surface area contributed by atoms with E-state index in [0.29, 0.717) is 17.3 Å². The first kappa shape index (κ1) is 12.2. The van der Waals surface area contributed by atoms with E-state index in [9.17, 15) is 4.39 Å². The van der Waals surface area contributed by atoms with E-state index in [1.165, 1.54) is 31.7 Å². The number of nitrogens with zero attached hydrogens (tertiary/aromatic N) is 1. The van der Waals surface area contributed by atoms with E-state index in [1.54, 1.807) is 6.92 Å². The molecule has 2 nitrogen and oxygen atoms in total. The van der Waals surface area contributed by atoms with E-state index in [4.69, 9.17) is 5.73 Å². The summed E-state index contributed by atoms with van der Waals surface area (Å²) in [6.45, 7) is 5.04. The SMILES string of the molecule is Cc1cc(N2CCCCCC2C)c(N)cc1F. The summed E-state index contributed by atoms with van der Waals surface area (Å²) in [5.41, 5.74) is 8.18. The molecule has 0 saturated carbocycles. The van der Waals surface area contributed by atoms with Crippen LogP contribution >= 0.6 is 0 Å². The third-order valence-corrected chi connectivity index (χ3v) is 3.67. The van der Waals surface area contributed by atoms with E-state index in [0.717, 1.165) is 12.2 Å². The molecule has 2 N–H and O–H groups in total. The molecule has 1 aromatic rings. The maximum absolute atomic E-state index is 13.4. The largest absolute Gasteiger partial charge is 0.397 e. The molecular weight excluding hydrogens is 215 g/mol. The molecule has 1 saturated heterocycles. The number of nitrogens with two attached hydrogens (primary N) is 1. The lowest BCUT2D eigenvalue weighted by molar-refractivity contribution is 0.608. The van der Waals surface area contributed by atoms with Gasteiger partial charge in [0.1, 0.15) is 5.82 Å². The monoisotopic (exact) mass is 236 g/mol. The van der Waals surface area contributed by atoms with Crippen LogP contribution in [0.4, 0.5) is 15.8 Å². The van der Waals surface area contributed by atoms with Crippen LogP contribution in [0.5, 0.6) is 0 Å². The summed E-state index contributed by atoms with van der Waals surface area (Å²) in [5, 5.41) is 0. The van der Waals surface area contributed by atoms with E-state index in [-0.39, 0.29) is 5.82 Å². The van der Waals surface area contributed by atoms with Gasteiger partial charge in [0.2, 0.25) is 0 Å². The molecule has 3 heteroatoms. The van der Waals surface area contributed by atoms with Crippen molar-refractivity contribution in [2.24, 2.45) is 0 Å². The van der Waals surface area contributed by atoms with Gasteiger partial charge in [0.05, 0.1) is 11.4 Å². The second-order valence-corrected chi connectivity index (χ2v) is 5.05. The van der Waals surface area contributed by atoms with Crippen molar-refractivity contribution in [3.05, 3.63) is 23.5 Å². The number of anilines is 2. The predicted molar refractivity (Wildman–Crippen MR) is 70.8 cm³/mol. The molecule has 1 aliphatic heterocycles. The molecule has 1 aliphatic rings. The van der Waals surface area contributed by atoms with Gasteiger partial charge >= 0.3 is 0 Å². The fourth-order valence-electron chi connectivity index (χ4n) is 2.56. The van der Waals surface area contributed by atoms with E-state index < -0.39 is 0 Å². The number of hydrogen-bond acceptors (Lipinski definition) is 2. The first-order valence-electron chi connectivity index (χ1n) is 6.42. The summed E-state index contributed by atoms with van der Waals surface area (Å²) in [4.78, 5) is 2.33. The van der Waals surface area contributed by atoms with Gasteiger partial charge in [0.25, 0.3) is 0 Å². The fourth-order valence-corrected chi connectivity index (χ4v) is 2.56. The van der Waals surface area contributed by atoms with Gasteiger partial charge in [0.15, 0.2) is 0 Å². The minimum atomic E-state index is -0.214. The van der Waals surface area contributed by atoms with Crippen LogP contribution in [0.2, 0.25) is 0 Å². The van der Waals surface area contributed by atoms with Gasteiger partial charge in [0, 0.05) is 12.6 Å². The minimum absolute atomic E-state index is 0.214. The zero-order valence-electron chi connectivity index (χ0n) is 10.7. The van der Waals surface area contributed by atoms with E-state index in [2.05, 4.69) is 11.8 Å². The standard InChI is InChI=1S/C14H21FN2/c1-10-8-14(13(16)9-12(10)15)17-7-5-3-4-6-11(17)2/h8-9,11H,3-7,16H2,1-2H3. The predicted octanol–water partition coefficient (Wildman–Crippen LogP) is 3.49. The molecule has 1 aromatic carbocycles. The summed E-state index contributed by atoms with van der Waals surface area (Å²) in [6, 6.07) is 3.82. The van der Waals surface area contributed by atoms with Crippen LogP contribution in [-0.4, -0.2) is 12.6 Å². The van der Waals surface area contributed by atoms with Crippen molar-refractivity contribution in [2.45, 2.75) is 45.6 Å². The molecule has 17 heavy (non-hydrogen) atoms. The van der Waals surface area contributed by atoms with E-state index >= 15 is 0 Å². The lowest BCUT2D eigenvalue weighted by Crippen LogP contribution is -2.33. The zero-order valence-corrected chi connectivity index (χ0v) is 10.7. The van der Waals surface area contributed by atoms with Crippen LogP contribution in [0.25, 0.3) is 0 Å². The summed E-state index contributed by atoms with van der Waals surface area (Å²) in [5.74, 6) is -0.214. The Bertz CT molecular complexity index is 403. The second-order valence-electron chi connectivity index (χ2n) is 5.05. The Balaban J connectivity index is 2.34. The van der Waals surface area contributed by atoms with Crippen molar-refractivity contribution in [1.82, 2.24) is 0 Å². The van der Waals surface area contributed by atoms with Gasteiger partial charge < -0.3 is 10.6 Å². The lowest BCUT2D eigenvalue weighted by Gasteiger charge is -2.31. The Morgan fingerprint density at radius 2 is 2.06 bits per heavy atom. The highest BCUT2D eigenvalue weighted by atomic mass is 19.1. The molecule has 0 bridgehead atoms. The summed E-state index contributed by atoms with van der Waals surface area (Å²) in [7, 11) is 0. The lowest BCUT2D eigenvalue weighted by atomic mass is 10.1. The zero-order chi connectivity index (χ0) is 12.4. The topological polar surface area (TPSA) is 29.3 Å². The van der Waals surface area contributed by atoms with Crippen molar-refractivity contribution in [3.63, 3.8) is 0 Å². The van der Waals surface area contributed by atoms with Gasteiger partial charge in [-0.3, -0.25) is 0 Å². The molecule has 0 amide bonds. The van der Waals surface area contributed by atoms with Crippen LogP contribution in [0, 0.1) is 12.7 Å². The highest BCUT2D eigenvalue weighted by molar-refractivity contribution is 5.69. The normalized spacial score (nSPS) is 21.4. The summed E-state index contributed by atoms with van der Waals surface area (Å²) in [6.07, 6.45) is 4.94.